The van der Waals surface area contributed by atoms with Crippen LogP contribution in [0.4, 0.5) is 0 Å². The van der Waals surface area contributed by atoms with Gasteiger partial charge in [-0.2, -0.15) is 9.40 Å². The van der Waals surface area contributed by atoms with Crippen molar-refractivity contribution in [3.8, 4) is 5.69 Å². The minimum absolute atomic E-state index is 0.105. The van der Waals surface area contributed by atoms with Gasteiger partial charge in [-0.1, -0.05) is 30.3 Å². The van der Waals surface area contributed by atoms with E-state index in [0.717, 1.165) is 47.3 Å². The number of aryl methyl sites for hydroxylation is 2. The number of nitrogens with zero attached hydrogens (tertiary/aromatic N) is 4. The van der Waals surface area contributed by atoms with Crippen LogP contribution in [-0.4, -0.2) is 59.5 Å². The summed E-state index contributed by atoms with van der Waals surface area (Å²) < 4.78 is 29.8. The molecule has 0 unspecified atom stereocenters. The number of carbonyl (C=O) groups is 1. The summed E-state index contributed by atoms with van der Waals surface area (Å²) in [5.74, 6) is -0.105. The van der Waals surface area contributed by atoms with Gasteiger partial charge in [-0.3, -0.25) is 4.79 Å². The normalized spacial score (nSPS) is 16.7. The zero-order valence-corrected chi connectivity index (χ0v) is 19.8. The molecule has 0 radical (unpaired) electrons. The standard InChI is InChI=1S/C25H28N4O3S/c1-18-11-12-19(2)23(17-18)33(31,32)28-15-13-27(14-16-28)25(30)24-21-9-6-10-22(21)29(26-24)20-7-4-3-5-8-20/h3-5,7-8,11-12,17H,6,9-10,13-16H2,1-2H3. The maximum Gasteiger partial charge on any atom is 0.274 e. The zero-order chi connectivity index (χ0) is 23.2. The van der Waals surface area contributed by atoms with E-state index >= 15 is 0 Å². The van der Waals surface area contributed by atoms with Crippen LogP contribution in [-0.2, 0) is 22.9 Å². The highest BCUT2D eigenvalue weighted by molar-refractivity contribution is 7.89. The molecule has 1 fully saturated rings. The molecule has 1 aliphatic heterocycles. The number of carbonyl (C=O) groups excluding carboxylic acids is 1. The van der Waals surface area contributed by atoms with Gasteiger partial charge in [0.1, 0.15) is 0 Å². The molecule has 5 rings (SSSR count). The molecule has 1 aromatic heterocycles. The first-order valence-electron chi connectivity index (χ1n) is 11.4. The van der Waals surface area contributed by atoms with Crippen molar-refractivity contribution in [2.45, 2.75) is 38.0 Å². The third-order valence-corrected chi connectivity index (χ3v) is 8.66. The van der Waals surface area contributed by atoms with Gasteiger partial charge in [-0.25, -0.2) is 13.1 Å². The average molecular weight is 465 g/mol. The Morgan fingerprint density at radius 1 is 0.939 bits per heavy atom. The van der Waals surface area contributed by atoms with Crippen molar-refractivity contribution in [2.24, 2.45) is 0 Å². The molecule has 2 heterocycles. The Bertz CT molecular complexity index is 1310. The van der Waals surface area contributed by atoms with Crippen LogP contribution in [0.25, 0.3) is 5.69 Å². The van der Waals surface area contributed by atoms with Gasteiger partial charge in [0.2, 0.25) is 10.0 Å². The molecular formula is C25H28N4O3S. The molecule has 0 saturated carbocycles. The molecule has 3 aromatic rings. The van der Waals surface area contributed by atoms with Crippen LogP contribution in [0.1, 0.15) is 39.3 Å². The smallest absolute Gasteiger partial charge is 0.274 e. The fraction of sp³-hybridized carbons (Fsp3) is 0.360. The second-order valence-electron chi connectivity index (χ2n) is 8.84. The van der Waals surface area contributed by atoms with E-state index < -0.39 is 10.0 Å². The molecule has 2 aromatic carbocycles. The highest BCUT2D eigenvalue weighted by Gasteiger charge is 2.34. The van der Waals surface area contributed by atoms with E-state index in [1.54, 1.807) is 11.0 Å². The minimum Gasteiger partial charge on any atom is -0.335 e. The number of amides is 1. The van der Waals surface area contributed by atoms with E-state index in [-0.39, 0.29) is 19.0 Å². The summed E-state index contributed by atoms with van der Waals surface area (Å²) >= 11 is 0. The van der Waals surface area contributed by atoms with Gasteiger partial charge < -0.3 is 4.90 Å². The van der Waals surface area contributed by atoms with Gasteiger partial charge in [0, 0.05) is 37.4 Å². The summed E-state index contributed by atoms with van der Waals surface area (Å²) in [6.07, 6.45) is 2.78. The minimum atomic E-state index is -3.59. The molecule has 2 aliphatic rings. The molecule has 8 heteroatoms. The lowest BCUT2D eigenvalue weighted by Gasteiger charge is -2.34. The third-order valence-electron chi connectivity index (χ3n) is 6.62. The molecule has 0 spiro atoms. The van der Waals surface area contributed by atoms with E-state index in [2.05, 4.69) is 0 Å². The molecule has 7 nitrogen and oxygen atoms in total. The van der Waals surface area contributed by atoms with Crippen molar-refractivity contribution in [3.05, 3.63) is 76.6 Å². The number of benzene rings is 2. The van der Waals surface area contributed by atoms with Crippen LogP contribution in [0, 0.1) is 13.8 Å². The topological polar surface area (TPSA) is 75.5 Å². The summed E-state index contributed by atoms with van der Waals surface area (Å²) in [6.45, 7) is 4.98. The molecule has 1 aliphatic carbocycles. The number of aromatic nitrogens is 2. The monoisotopic (exact) mass is 464 g/mol. The lowest BCUT2D eigenvalue weighted by atomic mass is 10.1. The van der Waals surface area contributed by atoms with Crippen LogP contribution in [0.5, 0.6) is 0 Å². The van der Waals surface area contributed by atoms with Crippen LogP contribution in [0.3, 0.4) is 0 Å². The van der Waals surface area contributed by atoms with E-state index in [0.29, 0.717) is 23.7 Å². The first kappa shape index (κ1) is 21.9. The zero-order valence-electron chi connectivity index (χ0n) is 19.0. The molecule has 0 atom stereocenters. The highest BCUT2D eigenvalue weighted by atomic mass is 32.2. The molecular weight excluding hydrogens is 436 g/mol. The number of hydrogen-bond acceptors (Lipinski definition) is 4. The first-order valence-corrected chi connectivity index (χ1v) is 12.8. The van der Waals surface area contributed by atoms with Crippen molar-refractivity contribution in [3.63, 3.8) is 0 Å². The fourth-order valence-electron chi connectivity index (χ4n) is 4.80. The maximum absolute atomic E-state index is 13.4. The second kappa shape index (κ2) is 8.43. The first-order chi connectivity index (χ1) is 15.9. The quantitative estimate of drug-likeness (QED) is 0.595. The summed E-state index contributed by atoms with van der Waals surface area (Å²) in [5.41, 5.74) is 5.27. The van der Waals surface area contributed by atoms with Gasteiger partial charge in [0.25, 0.3) is 5.91 Å². The molecule has 1 amide bonds. The van der Waals surface area contributed by atoms with Crippen molar-refractivity contribution in [1.82, 2.24) is 19.0 Å². The van der Waals surface area contributed by atoms with E-state index in [4.69, 9.17) is 5.10 Å². The summed E-state index contributed by atoms with van der Waals surface area (Å²) in [4.78, 5) is 15.5. The molecule has 33 heavy (non-hydrogen) atoms. The van der Waals surface area contributed by atoms with E-state index in [1.807, 2.05) is 61.0 Å². The summed E-state index contributed by atoms with van der Waals surface area (Å²) in [7, 11) is -3.59. The third kappa shape index (κ3) is 3.87. The van der Waals surface area contributed by atoms with Crippen molar-refractivity contribution in [2.75, 3.05) is 26.2 Å². The number of fused-ring (bicyclic) bond motifs is 1. The average Bonchev–Trinajstić information content (AvgIpc) is 3.44. The maximum atomic E-state index is 13.4. The number of sulfonamides is 1. The molecule has 172 valence electrons. The number of para-hydroxylation sites is 1. The van der Waals surface area contributed by atoms with Crippen LogP contribution >= 0.6 is 0 Å². The molecule has 0 bridgehead atoms. The van der Waals surface area contributed by atoms with Crippen LogP contribution in [0.15, 0.2) is 53.4 Å². The van der Waals surface area contributed by atoms with Crippen LogP contribution < -0.4 is 0 Å². The summed E-state index contributed by atoms with van der Waals surface area (Å²) in [6, 6.07) is 15.4. The van der Waals surface area contributed by atoms with Crippen molar-refractivity contribution in [1.29, 1.82) is 0 Å². The van der Waals surface area contributed by atoms with E-state index in [1.165, 1.54) is 4.31 Å². The number of rotatable bonds is 4. The summed E-state index contributed by atoms with van der Waals surface area (Å²) in [5, 5.41) is 4.71. The Hall–Kier alpha value is -2.97. The lowest BCUT2D eigenvalue weighted by molar-refractivity contribution is 0.0690. The van der Waals surface area contributed by atoms with Gasteiger partial charge >= 0.3 is 0 Å². The second-order valence-corrected chi connectivity index (χ2v) is 10.7. The Morgan fingerprint density at radius 3 is 2.39 bits per heavy atom. The lowest BCUT2D eigenvalue weighted by Crippen LogP contribution is -2.50. The highest BCUT2D eigenvalue weighted by Crippen LogP contribution is 2.29. The predicted molar refractivity (Wildman–Crippen MR) is 126 cm³/mol. The number of piperazine rings is 1. The molecule has 0 N–H and O–H groups in total. The number of hydrogen-bond donors (Lipinski definition) is 0. The SMILES string of the molecule is Cc1ccc(C)c(S(=O)(=O)N2CCN(C(=O)c3nn(-c4ccccc4)c4c3CCC4)CC2)c1. The van der Waals surface area contributed by atoms with Gasteiger partial charge in [-0.15, -0.1) is 0 Å². The van der Waals surface area contributed by atoms with E-state index in [9.17, 15) is 13.2 Å². The Kier molecular flexibility index (Phi) is 5.58. The largest absolute Gasteiger partial charge is 0.335 e. The predicted octanol–water partition coefficient (Wildman–Crippen LogP) is 3.12. The Balaban J connectivity index is 1.35. The fourth-order valence-corrected chi connectivity index (χ4v) is 6.53. The van der Waals surface area contributed by atoms with Gasteiger partial charge in [0.15, 0.2) is 5.69 Å². The van der Waals surface area contributed by atoms with Gasteiger partial charge in [-0.05, 0) is 62.4 Å². The molecule has 1 saturated heterocycles. The Morgan fingerprint density at radius 2 is 1.67 bits per heavy atom. The van der Waals surface area contributed by atoms with Crippen molar-refractivity contribution < 1.29 is 13.2 Å². The van der Waals surface area contributed by atoms with Crippen LogP contribution in [0.2, 0.25) is 0 Å². The Labute approximate surface area is 194 Å². The van der Waals surface area contributed by atoms with Gasteiger partial charge in [0.05, 0.1) is 10.6 Å². The van der Waals surface area contributed by atoms with Crippen molar-refractivity contribution >= 4 is 15.9 Å².